The van der Waals surface area contributed by atoms with Gasteiger partial charge in [0.25, 0.3) is 5.91 Å². The van der Waals surface area contributed by atoms with Gasteiger partial charge < -0.3 is 10.0 Å². The maximum atomic E-state index is 12.5. The molecule has 4 nitrogen and oxygen atoms in total. The summed E-state index contributed by atoms with van der Waals surface area (Å²) < 4.78 is 0. The van der Waals surface area contributed by atoms with Gasteiger partial charge in [-0.05, 0) is 55.9 Å². The quantitative estimate of drug-likeness (QED) is 0.898. The molecule has 4 heteroatoms. The van der Waals surface area contributed by atoms with Crippen LogP contribution in [0.2, 0.25) is 0 Å². The molecule has 106 valence electrons. The zero-order valence-corrected chi connectivity index (χ0v) is 11.7. The van der Waals surface area contributed by atoms with Crippen molar-refractivity contribution in [2.24, 2.45) is 5.41 Å². The van der Waals surface area contributed by atoms with Crippen LogP contribution < -0.4 is 0 Å². The third-order valence-corrected chi connectivity index (χ3v) is 4.62. The second-order valence-electron chi connectivity index (χ2n) is 6.18. The number of aliphatic carboxylic acids is 1. The van der Waals surface area contributed by atoms with E-state index in [9.17, 15) is 14.7 Å². The number of carbonyl (C=O) groups excluding carboxylic acids is 1. The van der Waals surface area contributed by atoms with Gasteiger partial charge >= 0.3 is 5.97 Å². The molecular formula is C16H19NO3. The number of carboxylic acid groups (broad SMARTS) is 1. The molecule has 0 radical (unpaired) electrons. The Morgan fingerprint density at radius 3 is 2.70 bits per heavy atom. The third kappa shape index (κ3) is 2.09. The molecule has 1 aliphatic heterocycles. The van der Waals surface area contributed by atoms with Gasteiger partial charge in [0.05, 0.1) is 5.41 Å². The van der Waals surface area contributed by atoms with Crippen molar-refractivity contribution >= 4 is 11.9 Å². The average Bonchev–Trinajstić information content (AvgIpc) is 3.04. The van der Waals surface area contributed by atoms with Crippen molar-refractivity contribution in [3.8, 4) is 0 Å². The summed E-state index contributed by atoms with van der Waals surface area (Å²) in [6.07, 6.45) is 3.83. The highest BCUT2D eigenvalue weighted by molar-refractivity contribution is 5.95. The van der Waals surface area contributed by atoms with Crippen molar-refractivity contribution in [3.05, 3.63) is 34.9 Å². The van der Waals surface area contributed by atoms with Crippen LogP contribution >= 0.6 is 0 Å². The van der Waals surface area contributed by atoms with Crippen LogP contribution in [0.1, 0.15) is 41.3 Å². The molecule has 20 heavy (non-hydrogen) atoms. The molecule has 1 heterocycles. The molecule has 1 N–H and O–H groups in total. The Morgan fingerprint density at radius 1 is 1.25 bits per heavy atom. The fraction of sp³-hybridized carbons (Fsp3) is 0.500. The summed E-state index contributed by atoms with van der Waals surface area (Å²) in [5, 5.41) is 9.23. The monoisotopic (exact) mass is 273 g/mol. The summed E-state index contributed by atoms with van der Waals surface area (Å²) in [5.41, 5.74) is 2.52. The number of aryl methyl sites for hydroxylation is 2. The lowest BCUT2D eigenvalue weighted by atomic mass is 9.90. The number of carboxylic acids is 1. The number of rotatable bonds is 2. The fourth-order valence-corrected chi connectivity index (χ4v) is 3.20. The Bertz CT molecular complexity index is 581. The highest BCUT2D eigenvalue weighted by Gasteiger charge is 2.42. The fourth-order valence-electron chi connectivity index (χ4n) is 3.20. The number of fused-ring (bicyclic) bond motifs is 1. The van der Waals surface area contributed by atoms with E-state index >= 15 is 0 Å². The van der Waals surface area contributed by atoms with Gasteiger partial charge in [-0.15, -0.1) is 0 Å². The molecule has 3 rings (SSSR count). The van der Waals surface area contributed by atoms with Crippen LogP contribution in [0.25, 0.3) is 0 Å². The Hall–Kier alpha value is -1.84. The lowest BCUT2D eigenvalue weighted by Gasteiger charge is -2.20. The van der Waals surface area contributed by atoms with E-state index in [1.54, 1.807) is 11.8 Å². The Kier molecular flexibility index (Phi) is 3.04. The molecule has 1 atom stereocenters. The minimum Gasteiger partial charge on any atom is -0.481 e. The first-order valence-corrected chi connectivity index (χ1v) is 7.14. The summed E-state index contributed by atoms with van der Waals surface area (Å²) in [5.74, 6) is -0.855. The largest absolute Gasteiger partial charge is 0.481 e. The predicted octanol–water partition coefficient (Wildman–Crippen LogP) is 2.11. The Morgan fingerprint density at radius 2 is 2.00 bits per heavy atom. The molecule has 1 saturated heterocycles. The van der Waals surface area contributed by atoms with E-state index in [1.807, 2.05) is 18.2 Å². The first-order chi connectivity index (χ1) is 9.49. The molecule has 0 saturated carbocycles. The van der Waals surface area contributed by atoms with E-state index in [0.29, 0.717) is 25.1 Å². The van der Waals surface area contributed by atoms with E-state index in [0.717, 1.165) is 19.3 Å². The van der Waals surface area contributed by atoms with Crippen LogP contribution in [0.3, 0.4) is 0 Å². The van der Waals surface area contributed by atoms with E-state index < -0.39 is 11.4 Å². The molecule has 2 aliphatic rings. The molecule has 1 aromatic carbocycles. The van der Waals surface area contributed by atoms with E-state index in [4.69, 9.17) is 0 Å². The van der Waals surface area contributed by atoms with Gasteiger partial charge in [-0.25, -0.2) is 0 Å². The minimum atomic E-state index is -0.818. The number of hydrogen-bond acceptors (Lipinski definition) is 2. The van der Waals surface area contributed by atoms with E-state index in [-0.39, 0.29) is 5.91 Å². The zero-order chi connectivity index (χ0) is 14.3. The van der Waals surface area contributed by atoms with Crippen LogP contribution in [0, 0.1) is 5.41 Å². The smallest absolute Gasteiger partial charge is 0.311 e. The second kappa shape index (κ2) is 4.62. The summed E-state index contributed by atoms with van der Waals surface area (Å²) in [6, 6.07) is 5.91. The minimum absolute atomic E-state index is 0.0373. The molecule has 1 amide bonds. The van der Waals surface area contributed by atoms with Gasteiger partial charge in [0.1, 0.15) is 0 Å². The van der Waals surface area contributed by atoms with Gasteiger partial charge in [-0.3, -0.25) is 9.59 Å². The molecule has 1 unspecified atom stereocenters. The van der Waals surface area contributed by atoms with Gasteiger partial charge in [0, 0.05) is 18.7 Å². The maximum absolute atomic E-state index is 12.5. The molecule has 0 spiro atoms. The normalized spacial score (nSPS) is 24.8. The van der Waals surface area contributed by atoms with Crippen LogP contribution in [-0.4, -0.2) is 35.0 Å². The zero-order valence-electron chi connectivity index (χ0n) is 11.7. The van der Waals surface area contributed by atoms with Crippen molar-refractivity contribution in [3.63, 3.8) is 0 Å². The van der Waals surface area contributed by atoms with E-state index in [2.05, 4.69) is 0 Å². The van der Waals surface area contributed by atoms with Crippen molar-refractivity contribution < 1.29 is 14.7 Å². The van der Waals surface area contributed by atoms with Crippen LogP contribution in [0.15, 0.2) is 18.2 Å². The number of carbonyl (C=O) groups is 2. The topological polar surface area (TPSA) is 57.6 Å². The molecule has 1 fully saturated rings. The van der Waals surface area contributed by atoms with Crippen LogP contribution in [-0.2, 0) is 17.6 Å². The van der Waals surface area contributed by atoms with Crippen molar-refractivity contribution in [1.82, 2.24) is 4.90 Å². The molecule has 0 aromatic heterocycles. The number of amides is 1. The standard InChI is InChI=1S/C16H19NO3/c1-16(15(19)20)7-8-17(10-16)14(18)13-6-5-11-3-2-4-12(11)9-13/h5-6,9H,2-4,7-8,10H2,1H3,(H,19,20). The third-order valence-electron chi connectivity index (χ3n) is 4.62. The lowest BCUT2D eigenvalue weighted by Crippen LogP contribution is -2.34. The lowest BCUT2D eigenvalue weighted by molar-refractivity contribution is -0.147. The first-order valence-electron chi connectivity index (χ1n) is 7.14. The number of hydrogen-bond donors (Lipinski definition) is 1. The SMILES string of the molecule is CC1(C(=O)O)CCN(C(=O)c2ccc3c(c2)CCC3)C1. The Balaban J connectivity index is 1.79. The van der Waals surface area contributed by atoms with Crippen LogP contribution in [0.5, 0.6) is 0 Å². The molecule has 0 bridgehead atoms. The predicted molar refractivity (Wildman–Crippen MR) is 74.7 cm³/mol. The van der Waals surface area contributed by atoms with Gasteiger partial charge in [0.2, 0.25) is 0 Å². The highest BCUT2D eigenvalue weighted by atomic mass is 16.4. The maximum Gasteiger partial charge on any atom is 0.311 e. The van der Waals surface area contributed by atoms with Gasteiger partial charge in [0.15, 0.2) is 0 Å². The van der Waals surface area contributed by atoms with Gasteiger partial charge in [-0.2, -0.15) is 0 Å². The van der Waals surface area contributed by atoms with Crippen molar-refractivity contribution in [1.29, 1.82) is 0 Å². The first kappa shape index (κ1) is 13.2. The molecule has 1 aromatic rings. The van der Waals surface area contributed by atoms with E-state index in [1.165, 1.54) is 11.1 Å². The summed E-state index contributed by atoms with van der Waals surface area (Å²) in [4.78, 5) is 25.4. The van der Waals surface area contributed by atoms with Crippen molar-refractivity contribution in [2.75, 3.05) is 13.1 Å². The summed E-state index contributed by atoms with van der Waals surface area (Å²) in [7, 11) is 0. The number of likely N-dealkylation sites (tertiary alicyclic amines) is 1. The van der Waals surface area contributed by atoms with Crippen molar-refractivity contribution in [2.45, 2.75) is 32.6 Å². The highest BCUT2D eigenvalue weighted by Crippen LogP contribution is 2.31. The molecular weight excluding hydrogens is 254 g/mol. The second-order valence-corrected chi connectivity index (χ2v) is 6.18. The summed E-state index contributed by atoms with van der Waals surface area (Å²) >= 11 is 0. The average molecular weight is 273 g/mol. The number of nitrogens with zero attached hydrogens (tertiary/aromatic N) is 1. The number of benzene rings is 1. The molecule has 1 aliphatic carbocycles. The van der Waals surface area contributed by atoms with Gasteiger partial charge in [-0.1, -0.05) is 6.07 Å². The Labute approximate surface area is 118 Å². The summed E-state index contributed by atoms with van der Waals surface area (Å²) in [6.45, 7) is 2.54. The van der Waals surface area contributed by atoms with Crippen LogP contribution in [0.4, 0.5) is 0 Å².